The quantitative estimate of drug-likeness (QED) is 0.906. The summed E-state index contributed by atoms with van der Waals surface area (Å²) in [5.41, 5.74) is 1.33. The molecule has 0 unspecified atom stereocenters. The summed E-state index contributed by atoms with van der Waals surface area (Å²) in [5.74, 6) is -1.55. The number of hydrogen-bond donors (Lipinski definition) is 2. The SMILES string of the molecule is Cc1ccc(C(=O)O)cc1NC(=O)c1cnc(Cl)cn1. The van der Waals surface area contributed by atoms with Crippen molar-refractivity contribution in [2.45, 2.75) is 6.92 Å². The van der Waals surface area contributed by atoms with Crippen molar-refractivity contribution < 1.29 is 14.7 Å². The lowest BCUT2D eigenvalue weighted by Gasteiger charge is -2.08. The van der Waals surface area contributed by atoms with E-state index in [2.05, 4.69) is 15.3 Å². The first-order valence-electron chi connectivity index (χ1n) is 5.60. The van der Waals surface area contributed by atoms with Crippen LogP contribution in [0, 0.1) is 6.92 Å². The van der Waals surface area contributed by atoms with Crippen molar-refractivity contribution in [3.05, 3.63) is 52.6 Å². The number of nitrogens with zero attached hydrogens (tertiary/aromatic N) is 2. The highest BCUT2D eigenvalue weighted by molar-refractivity contribution is 6.29. The molecule has 0 atom stereocenters. The second-order valence-electron chi connectivity index (χ2n) is 4.01. The number of hydrogen-bond acceptors (Lipinski definition) is 4. The number of halogens is 1. The van der Waals surface area contributed by atoms with Crippen molar-refractivity contribution in [2.75, 3.05) is 5.32 Å². The number of anilines is 1. The van der Waals surface area contributed by atoms with Gasteiger partial charge in [0, 0.05) is 5.69 Å². The molecule has 2 rings (SSSR count). The van der Waals surface area contributed by atoms with Crippen molar-refractivity contribution in [3.8, 4) is 0 Å². The van der Waals surface area contributed by atoms with E-state index in [1.807, 2.05) is 0 Å². The second-order valence-corrected chi connectivity index (χ2v) is 4.40. The zero-order chi connectivity index (χ0) is 14.7. The highest BCUT2D eigenvalue weighted by Crippen LogP contribution is 2.17. The monoisotopic (exact) mass is 291 g/mol. The van der Waals surface area contributed by atoms with Crippen LogP contribution in [0.1, 0.15) is 26.4 Å². The summed E-state index contributed by atoms with van der Waals surface area (Å²) in [7, 11) is 0. The first-order chi connectivity index (χ1) is 9.47. The highest BCUT2D eigenvalue weighted by Gasteiger charge is 2.12. The molecule has 7 heteroatoms. The lowest BCUT2D eigenvalue weighted by atomic mass is 10.1. The molecule has 1 aromatic heterocycles. The van der Waals surface area contributed by atoms with E-state index in [-0.39, 0.29) is 16.4 Å². The number of carboxylic acids is 1. The molecule has 20 heavy (non-hydrogen) atoms. The van der Waals surface area contributed by atoms with Gasteiger partial charge in [0.1, 0.15) is 10.8 Å². The smallest absolute Gasteiger partial charge is 0.335 e. The lowest BCUT2D eigenvalue weighted by Crippen LogP contribution is -2.15. The zero-order valence-electron chi connectivity index (χ0n) is 10.4. The van der Waals surface area contributed by atoms with Crippen LogP contribution in [0.3, 0.4) is 0 Å². The number of nitrogens with one attached hydrogen (secondary N) is 1. The Morgan fingerprint density at radius 1 is 1.25 bits per heavy atom. The third-order valence-electron chi connectivity index (χ3n) is 2.59. The average molecular weight is 292 g/mol. The fraction of sp³-hybridized carbons (Fsp3) is 0.0769. The summed E-state index contributed by atoms with van der Waals surface area (Å²) in [4.78, 5) is 30.5. The lowest BCUT2D eigenvalue weighted by molar-refractivity contribution is 0.0696. The van der Waals surface area contributed by atoms with Crippen LogP contribution in [0.4, 0.5) is 5.69 Å². The zero-order valence-corrected chi connectivity index (χ0v) is 11.2. The van der Waals surface area contributed by atoms with Gasteiger partial charge in [-0.25, -0.2) is 14.8 Å². The fourth-order valence-corrected chi connectivity index (χ4v) is 1.60. The molecule has 0 saturated heterocycles. The number of aromatic carboxylic acids is 1. The summed E-state index contributed by atoms with van der Waals surface area (Å²) >= 11 is 5.59. The van der Waals surface area contributed by atoms with Crippen molar-refractivity contribution in [1.82, 2.24) is 9.97 Å². The fourth-order valence-electron chi connectivity index (χ4n) is 1.51. The van der Waals surface area contributed by atoms with Crippen molar-refractivity contribution in [2.24, 2.45) is 0 Å². The van der Waals surface area contributed by atoms with Crippen LogP contribution in [0.2, 0.25) is 5.15 Å². The molecule has 0 spiro atoms. The van der Waals surface area contributed by atoms with Crippen LogP contribution in [-0.4, -0.2) is 27.0 Å². The second kappa shape index (κ2) is 5.66. The molecule has 0 aliphatic rings. The molecule has 1 heterocycles. The molecule has 102 valence electrons. The molecule has 0 aliphatic heterocycles. The first-order valence-corrected chi connectivity index (χ1v) is 5.98. The van der Waals surface area contributed by atoms with Gasteiger partial charge < -0.3 is 10.4 Å². The standard InChI is InChI=1S/C13H10ClN3O3/c1-7-2-3-8(13(19)20)4-9(7)17-12(18)10-5-16-11(14)6-15-10/h2-6H,1H3,(H,17,18)(H,19,20). The summed E-state index contributed by atoms with van der Waals surface area (Å²) in [6.07, 6.45) is 2.51. The summed E-state index contributed by atoms with van der Waals surface area (Å²) < 4.78 is 0. The Bertz CT molecular complexity index is 671. The van der Waals surface area contributed by atoms with E-state index in [1.165, 1.54) is 24.5 Å². The topological polar surface area (TPSA) is 92.2 Å². The van der Waals surface area contributed by atoms with E-state index in [0.29, 0.717) is 5.69 Å². The summed E-state index contributed by atoms with van der Waals surface area (Å²) in [6.45, 7) is 1.76. The summed E-state index contributed by atoms with van der Waals surface area (Å²) in [6, 6.07) is 4.47. The number of rotatable bonds is 3. The molecule has 2 N–H and O–H groups in total. The Hall–Kier alpha value is -2.47. The van der Waals surface area contributed by atoms with Gasteiger partial charge in [-0.1, -0.05) is 17.7 Å². The number of benzene rings is 1. The van der Waals surface area contributed by atoms with E-state index >= 15 is 0 Å². The van der Waals surface area contributed by atoms with Gasteiger partial charge in [0.15, 0.2) is 0 Å². The van der Waals surface area contributed by atoms with Crippen LogP contribution in [0.15, 0.2) is 30.6 Å². The Balaban J connectivity index is 2.25. The van der Waals surface area contributed by atoms with Gasteiger partial charge in [-0.15, -0.1) is 0 Å². The Kier molecular flexibility index (Phi) is 3.95. The molecular formula is C13H10ClN3O3. The number of aromatic nitrogens is 2. The molecule has 1 amide bonds. The molecule has 0 fully saturated rings. The molecule has 0 saturated carbocycles. The number of carboxylic acid groups (broad SMARTS) is 1. The average Bonchev–Trinajstić information content (AvgIpc) is 2.41. The minimum atomic E-state index is -1.06. The molecule has 0 radical (unpaired) electrons. The normalized spacial score (nSPS) is 10.1. The van der Waals surface area contributed by atoms with Gasteiger partial charge in [-0.05, 0) is 24.6 Å². The van der Waals surface area contributed by atoms with Crippen LogP contribution in [0.25, 0.3) is 0 Å². The first kappa shape index (κ1) is 14.0. The van der Waals surface area contributed by atoms with Gasteiger partial charge in [0.25, 0.3) is 5.91 Å². The van der Waals surface area contributed by atoms with Crippen molar-refractivity contribution in [3.63, 3.8) is 0 Å². The number of carbonyl (C=O) groups is 2. The minimum absolute atomic E-state index is 0.0908. The maximum Gasteiger partial charge on any atom is 0.335 e. The van der Waals surface area contributed by atoms with Gasteiger partial charge in [-0.3, -0.25) is 4.79 Å². The molecule has 0 bridgehead atoms. The molecule has 0 aliphatic carbocycles. The maximum absolute atomic E-state index is 12.0. The predicted octanol–water partition coefficient (Wildman–Crippen LogP) is 2.39. The third kappa shape index (κ3) is 3.10. The van der Waals surface area contributed by atoms with E-state index in [0.717, 1.165) is 5.56 Å². The van der Waals surface area contributed by atoms with Crippen LogP contribution in [0.5, 0.6) is 0 Å². The van der Waals surface area contributed by atoms with Gasteiger partial charge in [0.05, 0.1) is 18.0 Å². The van der Waals surface area contributed by atoms with Crippen LogP contribution >= 0.6 is 11.6 Å². The molecule has 6 nitrogen and oxygen atoms in total. The predicted molar refractivity (Wildman–Crippen MR) is 73.1 cm³/mol. The molecule has 2 aromatic rings. The minimum Gasteiger partial charge on any atom is -0.478 e. The Labute approximate surface area is 119 Å². The number of amides is 1. The molecular weight excluding hydrogens is 282 g/mol. The van der Waals surface area contributed by atoms with E-state index in [1.54, 1.807) is 13.0 Å². The van der Waals surface area contributed by atoms with Gasteiger partial charge >= 0.3 is 5.97 Å². The van der Waals surface area contributed by atoms with Gasteiger partial charge in [0.2, 0.25) is 0 Å². The van der Waals surface area contributed by atoms with Gasteiger partial charge in [-0.2, -0.15) is 0 Å². The Morgan fingerprint density at radius 2 is 2.00 bits per heavy atom. The molecule has 1 aromatic carbocycles. The van der Waals surface area contributed by atoms with E-state index in [4.69, 9.17) is 16.7 Å². The van der Waals surface area contributed by atoms with E-state index < -0.39 is 11.9 Å². The largest absolute Gasteiger partial charge is 0.478 e. The van der Waals surface area contributed by atoms with Crippen LogP contribution in [-0.2, 0) is 0 Å². The third-order valence-corrected chi connectivity index (χ3v) is 2.78. The number of aryl methyl sites for hydroxylation is 1. The van der Waals surface area contributed by atoms with Crippen molar-refractivity contribution >= 4 is 29.2 Å². The Morgan fingerprint density at radius 3 is 2.60 bits per heavy atom. The van der Waals surface area contributed by atoms with Crippen LogP contribution < -0.4 is 5.32 Å². The van der Waals surface area contributed by atoms with Crippen molar-refractivity contribution in [1.29, 1.82) is 0 Å². The highest BCUT2D eigenvalue weighted by atomic mass is 35.5. The van der Waals surface area contributed by atoms with E-state index in [9.17, 15) is 9.59 Å². The maximum atomic E-state index is 12.0. The number of carbonyl (C=O) groups excluding carboxylic acids is 1. The summed E-state index contributed by atoms with van der Waals surface area (Å²) in [5, 5.41) is 11.7.